The Kier molecular flexibility index (Phi) is 55.3. The molecule has 1 unspecified atom stereocenters. The van der Waals surface area contributed by atoms with Crippen LogP contribution in [0.2, 0.25) is 0 Å². The van der Waals surface area contributed by atoms with Gasteiger partial charge in [0.25, 0.3) is 0 Å². The SMILES string of the molecule is CC/C=C\C/C=C\C/C=C\C/C=C\CCC(=O)OC(COC(=O)CCCCCCCCC)COC(=O)CCCCCCCCCCCCCCCCCCCCC/C=C\CCCCCCCCCC. The van der Waals surface area contributed by atoms with Crippen LogP contribution in [0.5, 0.6) is 0 Å². The van der Waals surface area contributed by atoms with Gasteiger partial charge in [-0.1, -0.05) is 274 Å². The molecule has 0 saturated carbocycles. The second-order valence-electron chi connectivity index (χ2n) is 19.9. The van der Waals surface area contributed by atoms with E-state index < -0.39 is 6.10 Å². The average molecular weight is 966 g/mol. The zero-order valence-electron chi connectivity index (χ0n) is 45.8. The monoisotopic (exact) mass is 965 g/mol. The van der Waals surface area contributed by atoms with Crippen LogP contribution in [0.25, 0.3) is 0 Å². The summed E-state index contributed by atoms with van der Waals surface area (Å²) in [6.45, 7) is 6.44. The Balaban J connectivity index is 4.01. The number of carbonyl (C=O) groups excluding carboxylic acids is 3. The van der Waals surface area contributed by atoms with E-state index in [1.807, 2.05) is 12.2 Å². The fraction of sp³-hybridized carbons (Fsp3) is 0.794. The molecule has 0 aliphatic heterocycles. The van der Waals surface area contributed by atoms with Gasteiger partial charge in [0.2, 0.25) is 0 Å². The molecule has 0 saturated heterocycles. The molecule has 0 aliphatic rings. The molecule has 400 valence electrons. The minimum Gasteiger partial charge on any atom is -0.462 e. The molecule has 0 heterocycles. The molecule has 0 aliphatic carbocycles. The molecular formula is C63H112O6. The van der Waals surface area contributed by atoms with Crippen molar-refractivity contribution in [2.45, 2.75) is 309 Å². The number of unbranched alkanes of at least 4 members (excludes halogenated alkanes) is 33. The van der Waals surface area contributed by atoms with Crippen molar-refractivity contribution in [1.29, 1.82) is 0 Å². The van der Waals surface area contributed by atoms with Crippen molar-refractivity contribution < 1.29 is 28.6 Å². The molecule has 1 atom stereocenters. The Hall–Kier alpha value is -2.89. The number of hydrogen-bond acceptors (Lipinski definition) is 6. The predicted molar refractivity (Wildman–Crippen MR) is 298 cm³/mol. The highest BCUT2D eigenvalue weighted by Crippen LogP contribution is 2.17. The average Bonchev–Trinajstić information content (AvgIpc) is 3.35. The molecule has 0 amide bonds. The predicted octanol–water partition coefficient (Wildman–Crippen LogP) is 20.0. The van der Waals surface area contributed by atoms with Crippen LogP contribution in [0.3, 0.4) is 0 Å². The molecule has 0 bridgehead atoms. The fourth-order valence-electron chi connectivity index (χ4n) is 8.57. The highest BCUT2D eigenvalue weighted by Gasteiger charge is 2.19. The van der Waals surface area contributed by atoms with E-state index in [1.54, 1.807) is 0 Å². The second kappa shape index (κ2) is 57.7. The van der Waals surface area contributed by atoms with Gasteiger partial charge in [-0.3, -0.25) is 14.4 Å². The quantitative estimate of drug-likeness (QED) is 0.0262. The van der Waals surface area contributed by atoms with Gasteiger partial charge in [-0.25, -0.2) is 0 Å². The van der Waals surface area contributed by atoms with Crippen LogP contribution in [-0.2, 0) is 28.6 Å². The molecule has 6 heteroatoms. The number of esters is 3. The van der Waals surface area contributed by atoms with E-state index in [2.05, 4.69) is 69.4 Å². The number of hydrogen-bond donors (Lipinski definition) is 0. The summed E-state index contributed by atoms with van der Waals surface area (Å²) in [5.74, 6) is -0.981. The lowest BCUT2D eigenvalue weighted by Gasteiger charge is -2.18. The number of ether oxygens (including phenoxy) is 3. The molecule has 0 aromatic carbocycles. The zero-order chi connectivity index (χ0) is 50.0. The number of carbonyl (C=O) groups is 3. The Morgan fingerprint density at radius 2 is 0.594 bits per heavy atom. The maximum absolute atomic E-state index is 12.7. The van der Waals surface area contributed by atoms with Crippen LogP contribution in [-0.4, -0.2) is 37.2 Å². The Morgan fingerprint density at radius 3 is 0.942 bits per heavy atom. The first-order chi connectivity index (χ1) is 34.0. The summed E-state index contributed by atoms with van der Waals surface area (Å²) in [5, 5.41) is 0. The number of rotatable bonds is 54. The maximum Gasteiger partial charge on any atom is 0.306 e. The van der Waals surface area contributed by atoms with Crippen molar-refractivity contribution in [2.75, 3.05) is 13.2 Å². The minimum atomic E-state index is -0.807. The van der Waals surface area contributed by atoms with Gasteiger partial charge in [-0.15, -0.1) is 0 Å². The summed E-state index contributed by atoms with van der Waals surface area (Å²) in [6.07, 6.45) is 72.9. The lowest BCUT2D eigenvalue weighted by molar-refractivity contribution is -0.166. The molecule has 0 rings (SSSR count). The summed E-state index contributed by atoms with van der Waals surface area (Å²) in [7, 11) is 0. The summed E-state index contributed by atoms with van der Waals surface area (Å²) < 4.78 is 16.7. The van der Waals surface area contributed by atoms with Gasteiger partial charge in [-0.2, -0.15) is 0 Å². The van der Waals surface area contributed by atoms with Crippen molar-refractivity contribution in [3.05, 3.63) is 60.8 Å². The molecule has 0 fully saturated rings. The van der Waals surface area contributed by atoms with E-state index in [0.717, 1.165) is 64.2 Å². The molecule has 69 heavy (non-hydrogen) atoms. The third-order valence-corrected chi connectivity index (χ3v) is 13.0. The van der Waals surface area contributed by atoms with Crippen molar-refractivity contribution >= 4 is 17.9 Å². The van der Waals surface area contributed by atoms with Crippen molar-refractivity contribution in [3.63, 3.8) is 0 Å². The Labute approximate surface area is 428 Å². The van der Waals surface area contributed by atoms with Gasteiger partial charge in [0, 0.05) is 19.3 Å². The van der Waals surface area contributed by atoms with E-state index in [1.165, 1.54) is 193 Å². The molecular weight excluding hydrogens is 853 g/mol. The lowest BCUT2D eigenvalue weighted by atomic mass is 10.0. The zero-order valence-corrected chi connectivity index (χ0v) is 45.8. The Bertz CT molecular complexity index is 1250. The largest absolute Gasteiger partial charge is 0.462 e. The second-order valence-corrected chi connectivity index (χ2v) is 19.9. The smallest absolute Gasteiger partial charge is 0.306 e. The summed E-state index contributed by atoms with van der Waals surface area (Å²) in [6, 6.07) is 0. The fourth-order valence-corrected chi connectivity index (χ4v) is 8.57. The molecule has 6 nitrogen and oxygen atoms in total. The van der Waals surface area contributed by atoms with Crippen molar-refractivity contribution in [2.24, 2.45) is 0 Å². The third kappa shape index (κ3) is 55.9. The lowest BCUT2D eigenvalue weighted by Crippen LogP contribution is -2.30. The first-order valence-corrected chi connectivity index (χ1v) is 29.8. The van der Waals surface area contributed by atoms with Gasteiger partial charge in [-0.05, 0) is 70.6 Å². The summed E-state index contributed by atoms with van der Waals surface area (Å²) in [4.78, 5) is 37.8. The van der Waals surface area contributed by atoms with Gasteiger partial charge in [0.1, 0.15) is 13.2 Å². The molecule has 0 aromatic heterocycles. The maximum atomic E-state index is 12.7. The van der Waals surface area contributed by atoms with Crippen LogP contribution in [0.1, 0.15) is 303 Å². The summed E-state index contributed by atoms with van der Waals surface area (Å²) in [5.41, 5.74) is 0. The highest BCUT2D eigenvalue weighted by molar-refractivity contribution is 5.71. The van der Waals surface area contributed by atoms with E-state index >= 15 is 0 Å². The molecule has 0 aromatic rings. The van der Waals surface area contributed by atoms with Crippen LogP contribution in [0.4, 0.5) is 0 Å². The third-order valence-electron chi connectivity index (χ3n) is 13.0. The van der Waals surface area contributed by atoms with Crippen LogP contribution < -0.4 is 0 Å². The standard InChI is InChI=1S/C63H112O6/c1-4-7-10-13-16-18-20-22-23-24-25-26-27-28-29-30-31-32-33-34-35-36-37-38-39-41-42-44-47-50-53-56-62(65)68-59-60(58-67-61(64)55-52-49-46-15-12-9-6-3)69-63(66)57-54-51-48-45-43-40-21-19-17-14-11-8-5-2/h8,11,17,19,24-25,40,43,48,51,60H,4-7,9-10,12-16,18,20-23,26-39,41-42,44-47,49-50,52-59H2,1-3H3/b11-8-,19-17-,25-24-,43-40-,51-48-. The van der Waals surface area contributed by atoms with Gasteiger partial charge in [0.05, 0.1) is 0 Å². The molecule has 0 N–H and O–H groups in total. The van der Waals surface area contributed by atoms with Crippen LogP contribution >= 0.6 is 0 Å². The first kappa shape index (κ1) is 66.1. The van der Waals surface area contributed by atoms with E-state index in [-0.39, 0.29) is 37.5 Å². The number of allylic oxidation sites excluding steroid dienone is 10. The van der Waals surface area contributed by atoms with Crippen molar-refractivity contribution in [1.82, 2.24) is 0 Å². The highest BCUT2D eigenvalue weighted by atomic mass is 16.6. The Morgan fingerprint density at radius 1 is 0.304 bits per heavy atom. The van der Waals surface area contributed by atoms with E-state index in [4.69, 9.17) is 14.2 Å². The van der Waals surface area contributed by atoms with Gasteiger partial charge in [0.15, 0.2) is 6.10 Å². The van der Waals surface area contributed by atoms with E-state index in [9.17, 15) is 14.4 Å². The topological polar surface area (TPSA) is 78.9 Å². The first-order valence-electron chi connectivity index (χ1n) is 29.8. The normalized spacial score (nSPS) is 12.4. The molecule has 0 spiro atoms. The van der Waals surface area contributed by atoms with E-state index in [0.29, 0.717) is 19.3 Å². The minimum absolute atomic E-state index is 0.0999. The van der Waals surface area contributed by atoms with Crippen LogP contribution in [0.15, 0.2) is 60.8 Å². The van der Waals surface area contributed by atoms with Gasteiger partial charge < -0.3 is 14.2 Å². The van der Waals surface area contributed by atoms with Gasteiger partial charge >= 0.3 is 17.9 Å². The van der Waals surface area contributed by atoms with Crippen molar-refractivity contribution in [3.8, 4) is 0 Å². The molecule has 0 radical (unpaired) electrons. The van der Waals surface area contributed by atoms with Crippen LogP contribution in [0, 0.1) is 0 Å². The summed E-state index contributed by atoms with van der Waals surface area (Å²) >= 11 is 0.